The number of para-hydroxylation sites is 2. The largest absolute Gasteiger partial charge is 0.469 e. The molecule has 0 saturated carbocycles. The number of unbranched alkanes of at least 4 members (excludes halogenated alkanes) is 1. The van der Waals surface area contributed by atoms with Crippen molar-refractivity contribution in [2.45, 2.75) is 51.1 Å². The third-order valence-corrected chi connectivity index (χ3v) is 5.72. The third-order valence-electron chi connectivity index (χ3n) is 4.85. The summed E-state index contributed by atoms with van der Waals surface area (Å²) in [5.74, 6) is -1.21. The van der Waals surface area contributed by atoms with Gasteiger partial charge in [0.25, 0.3) is 0 Å². The van der Waals surface area contributed by atoms with Gasteiger partial charge in [-0.3, -0.25) is 14.4 Å². The minimum absolute atomic E-state index is 0.0138. The number of aromatic nitrogens is 2. The Kier molecular flexibility index (Phi) is 8.70. The van der Waals surface area contributed by atoms with Gasteiger partial charge in [-0.25, -0.2) is 4.98 Å². The van der Waals surface area contributed by atoms with Gasteiger partial charge >= 0.3 is 11.9 Å². The van der Waals surface area contributed by atoms with Gasteiger partial charge in [0.05, 0.1) is 30.5 Å². The molecule has 1 heterocycles. The molecule has 0 aliphatic carbocycles. The van der Waals surface area contributed by atoms with Crippen LogP contribution in [0.15, 0.2) is 29.4 Å². The number of fused-ring (bicyclic) bond motifs is 1. The van der Waals surface area contributed by atoms with Crippen LogP contribution in [0.1, 0.15) is 46.0 Å². The van der Waals surface area contributed by atoms with E-state index in [0.29, 0.717) is 18.0 Å². The molecule has 0 radical (unpaired) electrons. The minimum Gasteiger partial charge on any atom is -0.469 e. The monoisotopic (exact) mass is 420 g/mol. The van der Waals surface area contributed by atoms with Crippen molar-refractivity contribution in [1.82, 2.24) is 9.97 Å². The Hall–Kier alpha value is -2.35. The normalized spacial score (nSPS) is 13.1. The van der Waals surface area contributed by atoms with Crippen molar-refractivity contribution < 1.29 is 23.9 Å². The number of nitrogens with one attached hydrogen (secondary N) is 1. The molecular formula is C21H28N2O5S. The number of H-pyrrole nitrogens is 1. The summed E-state index contributed by atoms with van der Waals surface area (Å²) in [5.41, 5.74) is 0.353. The Balaban J connectivity index is 2.21. The maximum Gasteiger partial charge on any atom is 0.319 e. The van der Waals surface area contributed by atoms with Crippen LogP contribution in [0.3, 0.4) is 0 Å². The Morgan fingerprint density at radius 3 is 2.59 bits per heavy atom. The van der Waals surface area contributed by atoms with E-state index in [-0.39, 0.29) is 31.0 Å². The number of carbonyl (C=O) groups is 3. The predicted molar refractivity (Wildman–Crippen MR) is 112 cm³/mol. The standard InChI is InChI=1S/C21H28N2O5S/c1-4-6-12-21(19(26)28-5-2,13-11-18(25)27-3)17(24)14-29-20-22-15-9-7-8-10-16(15)23-20/h7-10H,4-6,11-14H2,1-3H3,(H,22,23). The van der Waals surface area contributed by atoms with E-state index in [0.717, 1.165) is 17.5 Å². The maximum absolute atomic E-state index is 13.3. The number of hydrogen-bond donors (Lipinski definition) is 1. The first-order valence-corrected chi connectivity index (χ1v) is 10.8. The van der Waals surface area contributed by atoms with E-state index in [1.54, 1.807) is 6.92 Å². The summed E-state index contributed by atoms with van der Waals surface area (Å²) < 4.78 is 9.96. The van der Waals surface area contributed by atoms with Crippen molar-refractivity contribution in [2.75, 3.05) is 19.5 Å². The Morgan fingerprint density at radius 1 is 1.17 bits per heavy atom. The molecule has 8 heteroatoms. The number of Topliss-reactive ketones (excluding diaryl/α,β-unsaturated/α-hetero) is 1. The lowest BCUT2D eigenvalue weighted by Gasteiger charge is -2.29. The molecule has 1 unspecified atom stereocenters. The number of thioether (sulfide) groups is 1. The number of carbonyl (C=O) groups excluding carboxylic acids is 3. The van der Waals surface area contributed by atoms with Crippen LogP contribution in [0.2, 0.25) is 0 Å². The summed E-state index contributed by atoms with van der Waals surface area (Å²) in [6.45, 7) is 3.87. The average molecular weight is 421 g/mol. The van der Waals surface area contributed by atoms with Gasteiger partial charge in [0.15, 0.2) is 10.9 Å². The fourth-order valence-electron chi connectivity index (χ4n) is 3.16. The number of imidazole rings is 1. The molecule has 1 aromatic carbocycles. The lowest BCUT2D eigenvalue weighted by molar-refractivity contribution is -0.161. The molecule has 7 nitrogen and oxygen atoms in total. The number of hydrogen-bond acceptors (Lipinski definition) is 7. The second kappa shape index (κ2) is 11.0. The van der Waals surface area contributed by atoms with E-state index < -0.39 is 17.4 Å². The van der Waals surface area contributed by atoms with E-state index in [4.69, 9.17) is 9.47 Å². The quantitative estimate of drug-likeness (QED) is 0.316. The zero-order valence-corrected chi connectivity index (χ0v) is 18.0. The fourth-order valence-corrected chi connectivity index (χ4v) is 4.05. The molecule has 0 bridgehead atoms. The molecule has 0 saturated heterocycles. The van der Waals surface area contributed by atoms with Gasteiger partial charge in [-0.2, -0.15) is 0 Å². The van der Waals surface area contributed by atoms with E-state index >= 15 is 0 Å². The highest BCUT2D eigenvalue weighted by molar-refractivity contribution is 7.99. The van der Waals surface area contributed by atoms with Crippen molar-refractivity contribution >= 4 is 40.5 Å². The first-order chi connectivity index (χ1) is 14.0. The zero-order chi connectivity index (χ0) is 21.3. The van der Waals surface area contributed by atoms with Crippen LogP contribution < -0.4 is 0 Å². The predicted octanol–water partition coefficient (Wildman–Crippen LogP) is 3.92. The molecule has 29 heavy (non-hydrogen) atoms. The number of benzene rings is 1. The van der Waals surface area contributed by atoms with Crippen molar-refractivity contribution in [1.29, 1.82) is 0 Å². The van der Waals surface area contributed by atoms with Gasteiger partial charge in [-0.15, -0.1) is 0 Å². The Morgan fingerprint density at radius 2 is 1.93 bits per heavy atom. The van der Waals surface area contributed by atoms with Crippen LogP contribution in [0.25, 0.3) is 11.0 Å². The number of aromatic amines is 1. The second-order valence-electron chi connectivity index (χ2n) is 6.75. The molecule has 0 spiro atoms. The molecule has 2 rings (SSSR count). The van der Waals surface area contributed by atoms with E-state index in [9.17, 15) is 14.4 Å². The topological polar surface area (TPSA) is 98.4 Å². The van der Waals surface area contributed by atoms with E-state index in [1.807, 2.05) is 31.2 Å². The maximum atomic E-state index is 13.3. The summed E-state index contributed by atoms with van der Waals surface area (Å²) in [6.07, 6.45) is 1.92. The van der Waals surface area contributed by atoms with Gasteiger partial charge in [-0.1, -0.05) is 43.7 Å². The molecule has 2 aromatic rings. The number of nitrogens with zero attached hydrogens (tertiary/aromatic N) is 1. The minimum atomic E-state index is -1.35. The van der Waals surface area contributed by atoms with Gasteiger partial charge in [0.1, 0.15) is 5.41 Å². The highest BCUT2D eigenvalue weighted by atomic mass is 32.2. The molecule has 0 aliphatic heterocycles. The second-order valence-corrected chi connectivity index (χ2v) is 7.72. The van der Waals surface area contributed by atoms with Crippen LogP contribution >= 0.6 is 11.8 Å². The number of ether oxygens (including phenoxy) is 2. The average Bonchev–Trinajstić information content (AvgIpc) is 3.15. The van der Waals surface area contributed by atoms with Crippen molar-refractivity contribution in [3.63, 3.8) is 0 Å². The van der Waals surface area contributed by atoms with Gasteiger partial charge in [-0.05, 0) is 31.9 Å². The Bertz CT molecular complexity index is 817. The first-order valence-electron chi connectivity index (χ1n) is 9.81. The first kappa shape index (κ1) is 22.9. The molecule has 0 amide bonds. The van der Waals surface area contributed by atoms with Crippen LogP contribution in [0, 0.1) is 5.41 Å². The Labute approximate surface area is 174 Å². The van der Waals surface area contributed by atoms with Gasteiger partial charge in [0.2, 0.25) is 0 Å². The van der Waals surface area contributed by atoms with Crippen LogP contribution in [0.5, 0.6) is 0 Å². The van der Waals surface area contributed by atoms with Crippen molar-refractivity contribution in [2.24, 2.45) is 5.41 Å². The molecular weight excluding hydrogens is 392 g/mol. The van der Waals surface area contributed by atoms with Gasteiger partial charge < -0.3 is 14.5 Å². The number of ketones is 1. The molecule has 1 atom stereocenters. The SMILES string of the molecule is CCCCC(CCC(=O)OC)(C(=O)CSc1nc2ccccc2[nH]1)C(=O)OCC. The lowest BCUT2D eigenvalue weighted by atomic mass is 9.75. The molecule has 0 aliphatic rings. The summed E-state index contributed by atoms with van der Waals surface area (Å²) >= 11 is 1.25. The molecule has 0 fully saturated rings. The highest BCUT2D eigenvalue weighted by Gasteiger charge is 2.46. The van der Waals surface area contributed by atoms with E-state index in [2.05, 4.69) is 9.97 Å². The zero-order valence-electron chi connectivity index (χ0n) is 17.2. The molecule has 158 valence electrons. The lowest BCUT2D eigenvalue weighted by Crippen LogP contribution is -2.42. The summed E-state index contributed by atoms with van der Waals surface area (Å²) in [6, 6.07) is 7.60. The van der Waals surface area contributed by atoms with Crippen LogP contribution in [-0.4, -0.2) is 47.2 Å². The number of methoxy groups -OCH3 is 1. The van der Waals surface area contributed by atoms with Crippen LogP contribution in [-0.2, 0) is 23.9 Å². The molecule has 1 N–H and O–H groups in total. The summed E-state index contributed by atoms with van der Waals surface area (Å²) in [5, 5.41) is 0.612. The highest BCUT2D eigenvalue weighted by Crippen LogP contribution is 2.36. The van der Waals surface area contributed by atoms with E-state index in [1.165, 1.54) is 18.9 Å². The number of rotatable bonds is 12. The molecule has 1 aromatic heterocycles. The van der Waals surface area contributed by atoms with Crippen molar-refractivity contribution in [3.05, 3.63) is 24.3 Å². The van der Waals surface area contributed by atoms with Crippen LogP contribution in [0.4, 0.5) is 0 Å². The third kappa shape index (κ3) is 5.82. The number of esters is 2. The summed E-state index contributed by atoms with van der Waals surface area (Å²) in [4.78, 5) is 45.4. The van der Waals surface area contributed by atoms with Gasteiger partial charge in [0, 0.05) is 6.42 Å². The van der Waals surface area contributed by atoms with Crippen molar-refractivity contribution in [3.8, 4) is 0 Å². The smallest absolute Gasteiger partial charge is 0.319 e. The fraction of sp³-hybridized carbons (Fsp3) is 0.524. The summed E-state index contributed by atoms with van der Waals surface area (Å²) in [7, 11) is 1.29.